The molecule has 0 fully saturated rings. The Hall–Kier alpha value is -2.75. The lowest BCUT2D eigenvalue weighted by molar-refractivity contribution is 0.629. The van der Waals surface area contributed by atoms with Gasteiger partial charge in [-0.05, 0) is 17.7 Å². The van der Waals surface area contributed by atoms with Crippen molar-refractivity contribution in [2.45, 2.75) is 6.54 Å². The molecule has 1 aromatic heterocycles. The molecule has 104 valence electrons. The van der Waals surface area contributed by atoms with Gasteiger partial charge in [-0.3, -0.25) is 9.36 Å². The maximum absolute atomic E-state index is 13.1. The van der Waals surface area contributed by atoms with Gasteiger partial charge in [0.05, 0.1) is 17.2 Å². The Bertz CT molecular complexity index is 854. The first-order valence-electron chi connectivity index (χ1n) is 6.60. The van der Waals surface area contributed by atoms with Crippen molar-refractivity contribution in [2.24, 2.45) is 0 Å². The van der Waals surface area contributed by atoms with Crippen LogP contribution in [0.15, 0.2) is 65.7 Å². The molecule has 3 nitrogen and oxygen atoms in total. The average molecular weight is 280 g/mol. The minimum absolute atomic E-state index is 0.169. The minimum atomic E-state index is -0.392. The second kappa shape index (κ2) is 5.71. The van der Waals surface area contributed by atoms with E-state index in [9.17, 15) is 9.18 Å². The second-order valence-corrected chi connectivity index (χ2v) is 4.68. The highest BCUT2D eigenvalue weighted by atomic mass is 19.1. The predicted octanol–water partition coefficient (Wildman–Crippen LogP) is 3.25. The van der Waals surface area contributed by atoms with E-state index >= 15 is 0 Å². The summed E-state index contributed by atoms with van der Waals surface area (Å²) in [5.74, 6) is -0.392. The van der Waals surface area contributed by atoms with Gasteiger partial charge in [-0.2, -0.15) is 0 Å². The summed E-state index contributed by atoms with van der Waals surface area (Å²) in [7, 11) is 0. The van der Waals surface area contributed by atoms with Gasteiger partial charge in [0, 0.05) is 12.6 Å². The van der Waals surface area contributed by atoms with Crippen molar-refractivity contribution >= 4 is 17.0 Å². The predicted molar refractivity (Wildman–Crippen MR) is 81.4 cm³/mol. The van der Waals surface area contributed by atoms with Crippen molar-refractivity contribution in [2.75, 3.05) is 0 Å². The van der Waals surface area contributed by atoms with Gasteiger partial charge in [-0.15, -0.1) is 0 Å². The van der Waals surface area contributed by atoms with Crippen molar-refractivity contribution in [3.05, 3.63) is 82.7 Å². The lowest BCUT2D eigenvalue weighted by atomic mass is 10.2. The van der Waals surface area contributed by atoms with Gasteiger partial charge in [0.25, 0.3) is 5.56 Å². The van der Waals surface area contributed by atoms with Gasteiger partial charge >= 0.3 is 0 Å². The Morgan fingerprint density at radius 3 is 2.76 bits per heavy atom. The summed E-state index contributed by atoms with van der Waals surface area (Å²) in [5.41, 5.74) is 1.28. The molecule has 0 aliphatic carbocycles. The summed E-state index contributed by atoms with van der Waals surface area (Å²) in [6, 6.07) is 13.8. The van der Waals surface area contributed by atoms with Crippen LogP contribution in [-0.4, -0.2) is 9.55 Å². The van der Waals surface area contributed by atoms with Crippen molar-refractivity contribution in [1.82, 2.24) is 9.55 Å². The zero-order valence-electron chi connectivity index (χ0n) is 11.2. The van der Waals surface area contributed by atoms with Crippen LogP contribution < -0.4 is 5.56 Å². The van der Waals surface area contributed by atoms with Crippen LogP contribution in [0.1, 0.15) is 5.56 Å². The maximum atomic E-state index is 13.1. The summed E-state index contributed by atoms with van der Waals surface area (Å²) >= 11 is 0. The molecule has 3 rings (SSSR count). The van der Waals surface area contributed by atoms with Gasteiger partial charge in [-0.1, -0.05) is 42.5 Å². The van der Waals surface area contributed by atoms with Crippen LogP contribution in [0.3, 0.4) is 0 Å². The fourth-order valence-corrected chi connectivity index (χ4v) is 2.13. The van der Waals surface area contributed by atoms with Crippen molar-refractivity contribution in [1.29, 1.82) is 0 Å². The Morgan fingerprint density at radius 1 is 1.14 bits per heavy atom. The highest BCUT2D eigenvalue weighted by molar-refractivity contribution is 5.77. The molecular weight excluding hydrogens is 267 g/mol. The van der Waals surface area contributed by atoms with Crippen LogP contribution >= 0.6 is 0 Å². The SMILES string of the molecule is O=c1c2ccc(F)cc2ncn1C/C=C/c1ccccc1. The van der Waals surface area contributed by atoms with Crippen LogP contribution in [0.2, 0.25) is 0 Å². The number of rotatable bonds is 3. The normalized spacial score (nSPS) is 11.3. The van der Waals surface area contributed by atoms with E-state index in [1.54, 1.807) is 0 Å². The Labute approximate surface area is 121 Å². The van der Waals surface area contributed by atoms with E-state index in [4.69, 9.17) is 0 Å². The van der Waals surface area contributed by atoms with Gasteiger partial charge in [0.1, 0.15) is 5.82 Å². The van der Waals surface area contributed by atoms with Crippen molar-refractivity contribution < 1.29 is 4.39 Å². The summed E-state index contributed by atoms with van der Waals surface area (Å²) < 4.78 is 14.6. The quantitative estimate of drug-likeness (QED) is 0.738. The lowest BCUT2D eigenvalue weighted by Crippen LogP contribution is -2.19. The number of benzene rings is 2. The molecule has 0 atom stereocenters. The third kappa shape index (κ3) is 2.89. The van der Waals surface area contributed by atoms with E-state index < -0.39 is 5.82 Å². The summed E-state index contributed by atoms with van der Waals surface area (Å²) in [5, 5.41) is 0.423. The Morgan fingerprint density at radius 2 is 1.95 bits per heavy atom. The molecule has 4 heteroatoms. The van der Waals surface area contributed by atoms with E-state index in [0.717, 1.165) is 5.56 Å². The number of hydrogen-bond donors (Lipinski definition) is 0. The van der Waals surface area contributed by atoms with E-state index in [1.807, 2.05) is 42.5 Å². The topological polar surface area (TPSA) is 34.9 Å². The van der Waals surface area contributed by atoms with Crippen LogP contribution in [0.4, 0.5) is 4.39 Å². The second-order valence-electron chi connectivity index (χ2n) is 4.68. The smallest absolute Gasteiger partial charge is 0.261 e. The molecule has 0 spiro atoms. The van der Waals surface area contributed by atoms with Crippen LogP contribution in [0.25, 0.3) is 17.0 Å². The first-order chi connectivity index (χ1) is 10.2. The average Bonchev–Trinajstić information content (AvgIpc) is 2.50. The number of aromatic nitrogens is 2. The van der Waals surface area contributed by atoms with Crippen LogP contribution in [0.5, 0.6) is 0 Å². The van der Waals surface area contributed by atoms with E-state index in [0.29, 0.717) is 17.4 Å². The first-order valence-corrected chi connectivity index (χ1v) is 6.60. The maximum Gasteiger partial charge on any atom is 0.261 e. The largest absolute Gasteiger partial charge is 0.295 e. The molecule has 0 unspecified atom stereocenters. The molecule has 0 N–H and O–H groups in total. The number of hydrogen-bond acceptors (Lipinski definition) is 2. The number of allylic oxidation sites excluding steroid dienone is 1. The molecule has 0 saturated heterocycles. The molecule has 21 heavy (non-hydrogen) atoms. The number of fused-ring (bicyclic) bond motifs is 1. The van der Waals surface area contributed by atoms with Gasteiger partial charge < -0.3 is 0 Å². The van der Waals surface area contributed by atoms with Crippen molar-refractivity contribution in [3.8, 4) is 0 Å². The fraction of sp³-hybridized carbons (Fsp3) is 0.0588. The Kier molecular flexibility index (Phi) is 3.60. The molecule has 0 bridgehead atoms. The number of nitrogens with zero attached hydrogens (tertiary/aromatic N) is 2. The Balaban J connectivity index is 1.88. The molecule has 0 amide bonds. The molecule has 0 radical (unpaired) electrons. The van der Waals surface area contributed by atoms with Crippen molar-refractivity contribution in [3.63, 3.8) is 0 Å². The van der Waals surface area contributed by atoms with Crippen LogP contribution in [-0.2, 0) is 6.54 Å². The molecule has 0 aliphatic heterocycles. The zero-order valence-corrected chi connectivity index (χ0v) is 11.2. The summed E-state index contributed by atoms with van der Waals surface area (Å²) in [4.78, 5) is 16.4. The monoisotopic (exact) mass is 280 g/mol. The third-order valence-corrected chi connectivity index (χ3v) is 3.20. The lowest BCUT2D eigenvalue weighted by Gasteiger charge is -2.03. The number of halogens is 1. The van der Waals surface area contributed by atoms with Gasteiger partial charge in [-0.25, -0.2) is 9.37 Å². The molecular formula is C17H13FN2O. The molecule has 0 aliphatic rings. The van der Waals surface area contributed by atoms with Gasteiger partial charge in [0.15, 0.2) is 0 Å². The molecule has 1 heterocycles. The molecule has 2 aromatic carbocycles. The summed E-state index contributed by atoms with van der Waals surface area (Å²) in [6.07, 6.45) is 5.29. The van der Waals surface area contributed by atoms with E-state index in [-0.39, 0.29) is 5.56 Å². The van der Waals surface area contributed by atoms with Gasteiger partial charge in [0.2, 0.25) is 0 Å². The third-order valence-electron chi connectivity index (χ3n) is 3.20. The highest BCUT2D eigenvalue weighted by Crippen LogP contribution is 2.08. The van der Waals surface area contributed by atoms with Crippen LogP contribution in [0, 0.1) is 5.82 Å². The highest BCUT2D eigenvalue weighted by Gasteiger charge is 2.03. The molecule has 3 aromatic rings. The summed E-state index contributed by atoms with van der Waals surface area (Å²) in [6.45, 7) is 0.425. The van der Waals surface area contributed by atoms with E-state index in [2.05, 4.69) is 4.98 Å². The zero-order chi connectivity index (χ0) is 14.7. The minimum Gasteiger partial charge on any atom is -0.295 e. The van der Waals surface area contributed by atoms with E-state index in [1.165, 1.54) is 29.1 Å². The standard InChI is InChI=1S/C17H13FN2O/c18-14-8-9-15-16(11-14)19-12-20(17(15)21)10-4-7-13-5-2-1-3-6-13/h1-9,11-12H,10H2/b7-4+. The molecule has 0 saturated carbocycles. The fourth-order valence-electron chi connectivity index (χ4n) is 2.13. The first kappa shape index (κ1) is 13.2.